The molecule has 0 bridgehead atoms. The number of carboxylic acids is 1. The van der Waals surface area contributed by atoms with Crippen molar-refractivity contribution in [3.8, 4) is 0 Å². The van der Waals surface area contributed by atoms with Crippen LogP contribution in [-0.2, 0) is 4.79 Å². The van der Waals surface area contributed by atoms with Crippen molar-refractivity contribution in [3.05, 3.63) is 12.2 Å². The van der Waals surface area contributed by atoms with E-state index in [2.05, 4.69) is 0 Å². The number of nitrogens with zero attached hydrogens (tertiary/aromatic N) is 2. The predicted octanol–water partition coefficient (Wildman–Crippen LogP) is 1.16. The summed E-state index contributed by atoms with van der Waals surface area (Å²) in [5.41, 5.74) is -1.18. The minimum absolute atomic E-state index is 0.239. The van der Waals surface area contributed by atoms with Crippen molar-refractivity contribution in [2.75, 3.05) is 20.1 Å². The summed E-state index contributed by atoms with van der Waals surface area (Å²) in [5, 5.41) is 9.03. The molecule has 0 unspecified atom stereocenters. The Bertz CT molecular complexity index is 323. The van der Waals surface area contributed by atoms with Crippen LogP contribution in [0.15, 0.2) is 12.2 Å². The van der Waals surface area contributed by atoms with E-state index in [-0.39, 0.29) is 6.03 Å². The zero-order valence-corrected chi connectivity index (χ0v) is 9.93. The highest BCUT2D eigenvalue weighted by molar-refractivity contribution is 5.85. The number of carbonyl (C=O) groups is 2. The molecule has 1 aliphatic heterocycles. The summed E-state index contributed by atoms with van der Waals surface area (Å²) in [5.74, 6) is -1.00. The average Bonchev–Trinajstić information content (AvgIpc) is 2.28. The van der Waals surface area contributed by atoms with Crippen molar-refractivity contribution in [1.82, 2.24) is 9.80 Å². The molecule has 0 fully saturated rings. The summed E-state index contributed by atoms with van der Waals surface area (Å²) < 4.78 is 0. The summed E-state index contributed by atoms with van der Waals surface area (Å²) in [6.07, 6.45) is 4.77. The number of hydrogen-bond donors (Lipinski definition) is 1. The second-order valence-corrected chi connectivity index (χ2v) is 4.41. The molecule has 16 heavy (non-hydrogen) atoms. The van der Waals surface area contributed by atoms with Gasteiger partial charge in [-0.15, -0.1) is 0 Å². The number of amides is 2. The molecular weight excluding hydrogens is 208 g/mol. The Morgan fingerprint density at radius 1 is 1.38 bits per heavy atom. The van der Waals surface area contributed by atoms with E-state index in [0.29, 0.717) is 13.1 Å². The van der Waals surface area contributed by atoms with E-state index >= 15 is 0 Å². The molecule has 5 nitrogen and oxygen atoms in total. The second kappa shape index (κ2) is 4.55. The molecule has 5 heteroatoms. The van der Waals surface area contributed by atoms with Gasteiger partial charge < -0.3 is 14.9 Å². The summed E-state index contributed by atoms with van der Waals surface area (Å²) in [6.45, 7) is 4.24. The first kappa shape index (κ1) is 12.5. The summed E-state index contributed by atoms with van der Waals surface area (Å²) >= 11 is 0. The number of urea groups is 1. The maximum Gasteiger partial charge on any atom is 0.329 e. The topological polar surface area (TPSA) is 60.9 Å². The average molecular weight is 226 g/mol. The first-order valence-corrected chi connectivity index (χ1v) is 5.28. The van der Waals surface area contributed by atoms with Gasteiger partial charge in [0.05, 0.1) is 0 Å². The fourth-order valence-corrected chi connectivity index (χ4v) is 1.41. The van der Waals surface area contributed by atoms with Gasteiger partial charge in [-0.25, -0.2) is 9.59 Å². The molecule has 0 saturated carbocycles. The van der Waals surface area contributed by atoms with Crippen LogP contribution in [0.5, 0.6) is 0 Å². The molecule has 0 aromatic rings. The van der Waals surface area contributed by atoms with Crippen LogP contribution in [0.25, 0.3) is 0 Å². The Labute approximate surface area is 95.3 Å². The number of carbonyl (C=O) groups excluding carboxylic acids is 1. The van der Waals surface area contributed by atoms with Crippen LogP contribution in [0.1, 0.15) is 20.3 Å². The third kappa shape index (κ3) is 2.35. The maximum absolute atomic E-state index is 12.0. The van der Waals surface area contributed by atoms with Crippen molar-refractivity contribution >= 4 is 12.0 Å². The van der Waals surface area contributed by atoms with Crippen molar-refractivity contribution in [3.63, 3.8) is 0 Å². The molecule has 2 amide bonds. The Morgan fingerprint density at radius 3 is 2.44 bits per heavy atom. The molecule has 0 aliphatic carbocycles. The van der Waals surface area contributed by atoms with Crippen molar-refractivity contribution in [1.29, 1.82) is 0 Å². The third-order valence-electron chi connectivity index (χ3n) is 2.98. The van der Waals surface area contributed by atoms with Gasteiger partial charge in [0.2, 0.25) is 0 Å². The molecule has 0 saturated heterocycles. The van der Waals surface area contributed by atoms with Gasteiger partial charge in [-0.2, -0.15) is 0 Å². The normalized spacial score (nSPS) is 16.1. The lowest BCUT2D eigenvalue weighted by Gasteiger charge is -2.36. The van der Waals surface area contributed by atoms with E-state index in [1.807, 2.05) is 12.2 Å². The number of hydrogen-bond acceptors (Lipinski definition) is 2. The highest BCUT2D eigenvalue weighted by atomic mass is 16.4. The fourth-order valence-electron chi connectivity index (χ4n) is 1.41. The van der Waals surface area contributed by atoms with Crippen LogP contribution >= 0.6 is 0 Å². The zero-order valence-electron chi connectivity index (χ0n) is 9.93. The van der Waals surface area contributed by atoms with Gasteiger partial charge in [0.25, 0.3) is 0 Å². The van der Waals surface area contributed by atoms with E-state index in [1.165, 1.54) is 25.8 Å². The summed E-state index contributed by atoms with van der Waals surface area (Å²) in [4.78, 5) is 25.9. The van der Waals surface area contributed by atoms with Gasteiger partial charge >= 0.3 is 12.0 Å². The minimum atomic E-state index is -1.18. The molecule has 0 aromatic heterocycles. The van der Waals surface area contributed by atoms with Gasteiger partial charge in [0.15, 0.2) is 0 Å². The molecule has 0 atom stereocenters. The third-order valence-corrected chi connectivity index (χ3v) is 2.98. The largest absolute Gasteiger partial charge is 0.480 e. The quantitative estimate of drug-likeness (QED) is 0.719. The molecule has 1 N–H and O–H groups in total. The summed E-state index contributed by atoms with van der Waals surface area (Å²) in [7, 11) is 1.52. The molecule has 90 valence electrons. The van der Waals surface area contributed by atoms with E-state index < -0.39 is 11.5 Å². The number of carboxylic acid groups (broad SMARTS) is 1. The molecular formula is C11H18N2O3. The minimum Gasteiger partial charge on any atom is -0.480 e. The molecule has 0 radical (unpaired) electrons. The van der Waals surface area contributed by atoms with Crippen molar-refractivity contribution in [2.24, 2.45) is 0 Å². The van der Waals surface area contributed by atoms with Crippen molar-refractivity contribution in [2.45, 2.75) is 25.8 Å². The van der Waals surface area contributed by atoms with Gasteiger partial charge in [-0.1, -0.05) is 12.2 Å². The van der Waals surface area contributed by atoms with Gasteiger partial charge in [0.1, 0.15) is 5.54 Å². The van der Waals surface area contributed by atoms with Gasteiger partial charge in [-0.3, -0.25) is 0 Å². The van der Waals surface area contributed by atoms with E-state index in [9.17, 15) is 9.59 Å². The lowest BCUT2D eigenvalue weighted by Crippen LogP contribution is -2.55. The second-order valence-electron chi connectivity index (χ2n) is 4.41. The standard InChI is InChI=1S/C11H18N2O3/c1-11(2,9(14)15)12(3)10(16)13-7-5-4-6-8-13/h4-5H,6-8H2,1-3H3,(H,14,15). The van der Waals surface area contributed by atoms with Crippen LogP contribution in [0.4, 0.5) is 4.79 Å². The Kier molecular flexibility index (Phi) is 3.57. The lowest BCUT2D eigenvalue weighted by molar-refractivity contribution is -0.147. The monoisotopic (exact) mass is 226 g/mol. The zero-order chi connectivity index (χ0) is 12.3. The van der Waals surface area contributed by atoms with Crippen LogP contribution in [0.3, 0.4) is 0 Å². The lowest BCUT2D eigenvalue weighted by atomic mass is 10.0. The van der Waals surface area contributed by atoms with E-state index in [4.69, 9.17) is 5.11 Å². The number of rotatable bonds is 2. The molecule has 1 aliphatic rings. The predicted molar refractivity (Wildman–Crippen MR) is 60.2 cm³/mol. The Hall–Kier alpha value is -1.52. The molecule has 1 rings (SSSR count). The Balaban J connectivity index is 2.73. The first-order chi connectivity index (χ1) is 7.37. The SMILES string of the molecule is CN(C(=O)N1CC=CCC1)C(C)(C)C(=O)O. The van der Waals surface area contributed by atoms with Gasteiger partial charge in [-0.05, 0) is 20.3 Å². The molecule has 0 aromatic carbocycles. The van der Waals surface area contributed by atoms with Crippen LogP contribution in [-0.4, -0.2) is 52.6 Å². The smallest absolute Gasteiger partial charge is 0.329 e. The van der Waals surface area contributed by atoms with E-state index in [1.54, 1.807) is 4.90 Å². The number of likely N-dealkylation sites (N-methyl/N-ethyl adjacent to an activating group) is 1. The van der Waals surface area contributed by atoms with Crippen LogP contribution < -0.4 is 0 Å². The maximum atomic E-state index is 12.0. The van der Waals surface area contributed by atoms with Crippen LogP contribution in [0.2, 0.25) is 0 Å². The first-order valence-electron chi connectivity index (χ1n) is 5.28. The highest BCUT2D eigenvalue weighted by Gasteiger charge is 2.36. The highest BCUT2D eigenvalue weighted by Crippen LogP contribution is 2.16. The fraction of sp³-hybridized carbons (Fsp3) is 0.636. The molecule has 0 spiro atoms. The van der Waals surface area contributed by atoms with Gasteiger partial charge in [0, 0.05) is 20.1 Å². The Morgan fingerprint density at radius 2 is 2.00 bits per heavy atom. The van der Waals surface area contributed by atoms with Crippen molar-refractivity contribution < 1.29 is 14.7 Å². The number of aliphatic carboxylic acids is 1. The molecule has 1 heterocycles. The van der Waals surface area contributed by atoms with Crippen LogP contribution in [0, 0.1) is 0 Å². The summed E-state index contributed by atoms with van der Waals surface area (Å²) in [6, 6.07) is -0.239. The van der Waals surface area contributed by atoms with E-state index in [0.717, 1.165) is 6.42 Å².